The fourth-order valence-electron chi connectivity index (χ4n) is 2.55. The van der Waals surface area contributed by atoms with Crippen LogP contribution in [0.25, 0.3) is 0 Å². The fourth-order valence-corrected chi connectivity index (χ4v) is 2.73. The van der Waals surface area contributed by atoms with Crippen molar-refractivity contribution in [1.82, 2.24) is 5.32 Å². The molecule has 0 aromatic heterocycles. The van der Waals surface area contributed by atoms with E-state index in [2.05, 4.69) is 5.32 Å². The summed E-state index contributed by atoms with van der Waals surface area (Å²) in [5.41, 5.74) is 2.42. The third-order valence-corrected chi connectivity index (χ3v) is 3.94. The van der Waals surface area contributed by atoms with Gasteiger partial charge in [-0.15, -0.1) is 0 Å². The molecular formula is C14H15F6N3S. The number of nitrogens with two attached hydrogens (primary N) is 1. The Bertz CT molecular complexity index is 575. The molecule has 1 aliphatic rings. The predicted octanol–water partition coefficient (Wildman–Crippen LogP) is 3.53. The number of nitrogens with zero attached hydrogens (tertiary/aromatic N) is 1. The molecule has 134 valence electrons. The van der Waals surface area contributed by atoms with Gasteiger partial charge >= 0.3 is 12.4 Å². The Morgan fingerprint density at radius 2 is 1.67 bits per heavy atom. The summed E-state index contributed by atoms with van der Waals surface area (Å²) in [5.74, 6) is 0. The molecule has 1 saturated heterocycles. The highest BCUT2D eigenvalue weighted by Crippen LogP contribution is 2.38. The summed E-state index contributed by atoms with van der Waals surface area (Å²) >= 11 is 4.82. The lowest BCUT2D eigenvalue weighted by atomic mass is 10.1. The molecule has 0 unspecified atom stereocenters. The van der Waals surface area contributed by atoms with Crippen molar-refractivity contribution in [2.24, 2.45) is 5.73 Å². The molecule has 0 aliphatic carbocycles. The lowest BCUT2D eigenvalue weighted by Crippen LogP contribution is -2.44. The molecule has 1 aromatic carbocycles. The molecule has 0 spiro atoms. The third-order valence-electron chi connectivity index (χ3n) is 3.72. The maximum Gasteiger partial charge on any atom is 0.416 e. The predicted molar refractivity (Wildman–Crippen MR) is 81.6 cm³/mol. The standard InChI is InChI=1S/C14H15F6N3S/c15-13(16,17)8-4-9(14(18,19)20)6-11(5-8)23(12(21)24)7-10-2-1-3-22-10/h4-6,10,22H,1-3,7H2,(H2,21,24)/t10-/m0/s1. The quantitative estimate of drug-likeness (QED) is 0.630. The molecule has 1 atom stereocenters. The summed E-state index contributed by atoms with van der Waals surface area (Å²) in [6.07, 6.45) is -8.22. The number of halogens is 6. The molecule has 0 bridgehead atoms. The second-order valence-corrected chi connectivity index (χ2v) is 5.92. The van der Waals surface area contributed by atoms with Crippen LogP contribution in [0.3, 0.4) is 0 Å². The van der Waals surface area contributed by atoms with Gasteiger partial charge in [-0.25, -0.2) is 0 Å². The minimum absolute atomic E-state index is 0.0784. The van der Waals surface area contributed by atoms with Gasteiger partial charge in [-0.05, 0) is 49.8 Å². The topological polar surface area (TPSA) is 41.3 Å². The average Bonchev–Trinajstić information content (AvgIpc) is 2.95. The van der Waals surface area contributed by atoms with Crippen LogP contribution in [0.4, 0.5) is 32.0 Å². The van der Waals surface area contributed by atoms with Crippen LogP contribution in [0.2, 0.25) is 0 Å². The van der Waals surface area contributed by atoms with E-state index >= 15 is 0 Å². The summed E-state index contributed by atoms with van der Waals surface area (Å²) in [6, 6.07) is 1.23. The molecule has 3 N–H and O–H groups in total. The van der Waals surface area contributed by atoms with E-state index in [1.807, 2.05) is 0 Å². The lowest BCUT2D eigenvalue weighted by Gasteiger charge is -2.27. The molecule has 2 rings (SSSR count). The van der Waals surface area contributed by atoms with Crippen molar-refractivity contribution >= 4 is 23.0 Å². The zero-order valence-electron chi connectivity index (χ0n) is 12.3. The SMILES string of the molecule is NC(=S)N(C[C@@H]1CCCN1)c1cc(C(F)(F)F)cc(C(F)(F)F)c1. The van der Waals surface area contributed by atoms with Gasteiger partial charge in [-0.3, -0.25) is 0 Å². The van der Waals surface area contributed by atoms with Gasteiger partial charge in [0.1, 0.15) is 0 Å². The summed E-state index contributed by atoms with van der Waals surface area (Å²) in [5, 5.41) is 2.82. The monoisotopic (exact) mass is 371 g/mol. The van der Waals surface area contributed by atoms with Gasteiger partial charge in [0.25, 0.3) is 0 Å². The van der Waals surface area contributed by atoms with Crippen molar-refractivity contribution in [3.8, 4) is 0 Å². The van der Waals surface area contributed by atoms with Gasteiger partial charge < -0.3 is 16.0 Å². The summed E-state index contributed by atoms with van der Waals surface area (Å²) in [4.78, 5) is 1.10. The summed E-state index contributed by atoms with van der Waals surface area (Å²) < 4.78 is 77.7. The van der Waals surface area contributed by atoms with Crippen LogP contribution in [0.1, 0.15) is 24.0 Å². The van der Waals surface area contributed by atoms with Crippen LogP contribution >= 0.6 is 12.2 Å². The van der Waals surface area contributed by atoms with Crippen LogP contribution in [-0.2, 0) is 12.4 Å². The highest BCUT2D eigenvalue weighted by atomic mass is 32.1. The van der Waals surface area contributed by atoms with E-state index in [9.17, 15) is 26.3 Å². The van der Waals surface area contributed by atoms with Crippen LogP contribution in [-0.4, -0.2) is 24.2 Å². The second kappa shape index (κ2) is 6.75. The van der Waals surface area contributed by atoms with Crippen molar-refractivity contribution in [1.29, 1.82) is 0 Å². The number of benzene rings is 1. The number of thiocarbonyl (C=S) groups is 1. The van der Waals surface area contributed by atoms with Gasteiger partial charge in [0.15, 0.2) is 5.11 Å². The van der Waals surface area contributed by atoms with Crippen LogP contribution in [0.5, 0.6) is 0 Å². The first-order chi connectivity index (χ1) is 11.0. The molecule has 0 amide bonds. The molecule has 0 saturated carbocycles. The lowest BCUT2D eigenvalue weighted by molar-refractivity contribution is -0.143. The Hall–Kier alpha value is -1.55. The Labute approximate surface area is 139 Å². The molecule has 1 heterocycles. The highest BCUT2D eigenvalue weighted by molar-refractivity contribution is 7.80. The van der Waals surface area contributed by atoms with Crippen molar-refractivity contribution in [2.75, 3.05) is 18.0 Å². The van der Waals surface area contributed by atoms with Crippen molar-refractivity contribution in [3.63, 3.8) is 0 Å². The minimum atomic E-state index is -4.91. The Kier molecular flexibility index (Phi) is 5.28. The number of nitrogens with one attached hydrogen (secondary N) is 1. The van der Waals surface area contributed by atoms with Crippen LogP contribution in [0.15, 0.2) is 18.2 Å². The summed E-state index contributed by atoms with van der Waals surface area (Å²) in [6.45, 7) is 0.834. The molecule has 24 heavy (non-hydrogen) atoms. The third kappa shape index (κ3) is 4.50. The largest absolute Gasteiger partial charge is 0.416 e. The molecule has 1 aromatic rings. The zero-order valence-corrected chi connectivity index (χ0v) is 13.2. The number of alkyl halides is 6. The Balaban J connectivity index is 2.46. The maximum absolute atomic E-state index is 12.9. The first-order valence-corrected chi connectivity index (χ1v) is 7.49. The van der Waals surface area contributed by atoms with E-state index in [-0.39, 0.29) is 29.5 Å². The Morgan fingerprint density at radius 3 is 2.04 bits per heavy atom. The van der Waals surface area contributed by atoms with E-state index in [0.29, 0.717) is 12.1 Å². The van der Waals surface area contributed by atoms with E-state index in [0.717, 1.165) is 24.3 Å². The molecule has 1 fully saturated rings. The van der Waals surface area contributed by atoms with Gasteiger partial charge in [0.05, 0.1) is 11.1 Å². The zero-order chi connectivity index (χ0) is 18.1. The Morgan fingerprint density at radius 1 is 1.12 bits per heavy atom. The molecular weight excluding hydrogens is 356 g/mol. The van der Waals surface area contributed by atoms with Crippen molar-refractivity contribution in [2.45, 2.75) is 31.2 Å². The van der Waals surface area contributed by atoms with Crippen LogP contribution < -0.4 is 16.0 Å². The fraction of sp³-hybridized carbons (Fsp3) is 0.500. The smallest absolute Gasteiger partial charge is 0.376 e. The number of hydrogen-bond donors (Lipinski definition) is 2. The van der Waals surface area contributed by atoms with E-state index in [1.54, 1.807) is 0 Å². The van der Waals surface area contributed by atoms with Crippen molar-refractivity contribution in [3.05, 3.63) is 29.3 Å². The molecule has 10 heteroatoms. The molecule has 3 nitrogen and oxygen atoms in total. The van der Waals surface area contributed by atoms with E-state index in [4.69, 9.17) is 18.0 Å². The number of hydrogen-bond acceptors (Lipinski definition) is 2. The average molecular weight is 371 g/mol. The normalized spacial score (nSPS) is 18.7. The van der Waals surface area contributed by atoms with Gasteiger partial charge in [-0.2, -0.15) is 26.3 Å². The number of rotatable bonds is 3. The van der Waals surface area contributed by atoms with Gasteiger partial charge in [-0.1, -0.05) is 0 Å². The maximum atomic E-state index is 12.9. The van der Waals surface area contributed by atoms with Gasteiger partial charge in [0, 0.05) is 18.3 Å². The van der Waals surface area contributed by atoms with Gasteiger partial charge in [0.2, 0.25) is 0 Å². The molecule has 1 aliphatic heterocycles. The minimum Gasteiger partial charge on any atom is -0.376 e. The summed E-state index contributed by atoms with van der Waals surface area (Å²) in [7, 11) is 0. The van der Waals surface area contributed by atoms with E-state index < -0.39 is 23.5 Å². The molecule has 0 radical (unpaired) electrons. The van der Waals surface area contributed by atoms with Crippen LogP contribution in [0, 0.1) is 0 Å². The van der Waals surface area contributed by atoms with E-state index in [1.165, 1.54) is 0 Å². The first kappa shape index (κ1) is 18.8. The second-order valence-electron chi connectivity index (χ2n) is 5.51. The highest BCUT2D eigenvalue weighted by Gasteiger charge is 2.37. The first-order valence-electron chi connectivity index (χ1n) is 7.08. The van der Waals surface area contributed by atoms with Crippen molar-refractivity contribution < 1.29 is 26.3 Å². The number of anilines is 1.